The lowest BCUT2D eigenvalue weighted by molar-refractivity contribution is 0.394. The molecule has 1 aromatic carbocycles. The molecule has 0 fully saturated rings. The SMILES string of the molecule is COc1cc(OC)cc(-c2cs[c]n2)c1. The molecule has 4 heteroatoms. The number of hydrogen-bond acceptors (Lipinski definition) is 4. The van der Waals surface area contributed by atoms with E-state index in [2.05, 4.69) is 10.5 Å². The van der Waals surface area contributed by atoms with Crippen molar-refractivity contribution in [1.82, 2.24) is 4.98 Å². The summed E-state index contributed by atoms with van der Waals surface area (Å²) in [6, 6.07) is 5.68. The van der Waals surface area contributed by atoms with Crippen LogP contribution in [0.15, 0.2) is 23.6 Å². The van der Waals surface area contributed by atoms with E-state index < -0.39 is 0 Å². The van der Waals surface area contributed by atoms with E-state index in [4.69, 9.17) is 9.47 Å². The Kier molecular flexibility index (Phi) is 2.87. The molecule has 0 N–H and O–H groups in total. The Bertz CT molecular complexity index is 418. The Hall–Kier alpha value is -1.55. The van der Waals surface area contributed by atoms with E-state index in [1.54, 1.807) is 14.2 Å². The van der Waals surface area contributed by atoms with Gasteiger partial charge in [0.15, 0.2) is 5.51 Å². The van der Waals surface area contributed by atoms with Gasteiger partial charge in [0.1, 0.15) is 11.5 Å². The summed E-state index contributed by atoms with van der Waals surface area (Å²) in [4.78, 5) is 4.12. The zero-order valence-corrected chi connectivity index (χ0v) is 9.30. The van der Waals surface area contributed by atoms with Gasteiger partial charge in [-0.25, -0.2) is 4.98 Å². The van der Waals surface area contributed by atoms with Crippen LogP contribution in [0.25, 0.3) is 11.3 Å². The van der Waals surface area contributed by atoms with Crippen LogP contribution < -0.4 is 9.47 Å². The zero-order valence-electron chi connectivity index (χ0n) is 8.48. The minimum atomic E-state index is 0.761. The molecule has 0 saturated carbocycles. The second kappa shape index (κ2) is 4.31. The second-order valence-corrected chi connectivity index (χ2v) is 3.58. The highest BCUT2D eigenvalue weighted by Crippen LogP contribution is 2.29. The quantitative estimate of drug-likeness (QED) is 0.796. The lowest BCUT2D eigenvalue weighted by atomic mass is 10.1. The predicted octanol–water partition coefficient (Wildman–Crippen LogP) is 2.63. The van der Waals surface area contributed by atoms with Gasteiger partial charge in [-0.3, -0.25) is 0 Å². The standard InChI is InChI=1S/C11H10NO2S/c1-13-9-3-8(4-10(5-9)14-2)11-6-15-7-12-11/h3-6H,1-2H3. The highest BCUT2D eigenvalue weighted by atomic mass is 32.1. The van der Waals surface area contributed by atoms with Crippen molar-refractivity contribution in [3.63, 3.8) is 0 Å². The van der Waals surface area contributed by atoms with Crippen LogP contribution in [-0.4, -0.2) is 19.2 Å². The number of rotatable bonds is 3. The topological polar surface area (TPSA) is 31.4 Å². The summed E-state index contributed by atoms with van der Waals surface area (Å²) in [7, 11) is 3.26. The Labute approximate surface area is 92.3 Å². The van der Waals surface area contributed by atoms with E-state index in [1.807, 2.05) is 23.6 Å². The highest BCUT2D eigenvalue weighted by molar-refractivity contribution is 7.07. The zero-order chi connectivity index (χ0) is 10.7. The van der Waals surface area contributed by atoms with Gasteiger partial charge in [0.2, 0.25) is 0 Å². The molecular formula is C11H10NO2S. The summed E-state index contributed by atoms with van der Waals surface area (Å²) in [5.41, 5.74) is 4.68. The number of nitrogens with zero attached hydrogens (tertiary/aromatic N) is 1. The molecule has 0 aliphatic rings. The van der Waals surface area contributed by atoms with Crippen molar-refractivity contribution >= 4 is 11.3 Å². The van der Waals surface area contributed by atoms with E-state index in [0.717, 1.165) is 22.8 Å². The summed E-state index contributed by atoms with van der Waals surface area (Å²) in [6.45, 7) is 0. The number of ether oxygens (including phenoxy) is 2. The lowest BCUT2D eigenvalue weighted by Gasteiger charge is -2.06. The largest absolute Gasteiger partial charge is 0.497 e. The van der Waals surface area contributed by atoms with E-state index in [-0.39, 0.29) is 0 Å². The van der Waals surface area contributed by atoms with Gasteiger partial charge in [-0.2, -0.15) is 0 Å². The Balaban J connectivity index is 2.47. The average Bonchev–Trinajstić information content (AvgIpc) is 2.81. The van der Waals surface area contributed by atoms with Crippen LogP contribution in [0.5, 0.6) is 11.5 Å². The summed E-state index contributed by atoms with van der Waals surface area (Å²) < 4.78 is 10.4. The lowest BCUT2D eigenvalue weighted by Crippen LogP contribution is -1.88. The number of aromatic nitrogens is 1. The molecule has 0 aliphatic carbocycles. The fraction of sp³-hybridized carbons (Fsp3) is 0.182. The Morgan fingerprint density at radius 2 is 1.80 bits per heavy atom. The maximum absolute atomic E-state index is 5.18. The van der Waals surface area contributed by atoms with Crippen LogP contribution in [0.3, 0.4) is 0 Å². The number of benzene rings is 1. The molecule has 0 spiro atoms. The van der Waals surface area contributed by atoms with Crippen LogP contribution >= 0.6 is 11.3 Å². The van der Waals surface area contributed by atoms with E-state index in [9.17, 15) is 0 Å². The third-order valence-corrected chi connectivity index (χ3v) is 2.57. The average molecular weight is 220 g/mol. The third-order valence-electron chi connectivity index (χ3n) is 2.04. The van der Waals surface area contributed by atoms with Crippen LogP contribution in [0, 0.1) is 5.51 Å². The summed E-state index contributed by atoms with van der Waals surface area (Å²) >= 11 is 1.44. The molecule has 0 bridgehead atoms. The van der Waals surface area contributed by atoms with Crippen LogP contribution in [0.4, 0.5) is 0 Å². The van der Waals surface area contributed by atoms with Crippen LogP contribution in [-0.2, 0) is 0 Å². The molecule has 2 rings (SSSR count). The first-order chi connectivity index (χ1) is 7.33. The molecule has 15 heavy (non-hydrogen) atoms. The summed E-state index contributed by atoms with van der Waals surface area (Å²) in [5, 5.41) is 1.94. The molecule has 1 radical (unpaired) electrons. The molecule has 77 valence electrons. The number of hydrogen-bond donors (Lipinski definition) is 0. The van der Waals surface area contributed by atoms with Crippen LogP contribution in [0.1, 0.15) is 0 Å². The van der Waals surface area contributed by atoms with E-state index >= 15 is 0 Å². The minimum absolute atomic E-state index is 0.761. The van der Waals surface area contributed by atoms with Crippen molar-refractivity contribution < 1.29 is 9.47 Å². The molecule has 3 nitrogen and oxygen atoms in total. The normalized spacial score (nSPS) is 10.0. The minimum Gasteiger partial charge on any atom is -0.497 e. The predicted molar refractivity (Wildman–Crippen MR) is 59.5 cm³/mol. The Morgan fingerprint density at radius 3 is 2.27 bits per heavy atom. The van der Waals surface area contributed by atoms with Gasteiger partial charge >= 0.3 is 0 Å². The first-order valence-corrected chi connectivity index (χ1v) is 5.26. The molecule has 0 aliphatic heterocycles. The fourth-order valence-corrected chi connectivity index (χ4v) is 1.78. The van der Waals surface area contributed by atoms with Gasteiger partial charge in [0.05, 0.1) is 19.9 Å². The van der Waals surface area contributed by atoms with E-state index in [1.165, 1.54) is 11.3 Å². The Morgan fingerprint density at radius 1 is 1.13 bits per heavy atom. The molecule has 0 unspecified atom stereocenters. The molecule has 0 saturated heterocycles. The first kappa shape index (κ1) is 9.98. The van der Waals surface area contributed by atoms with Crippen molar-refractivity contribution in [2.45, 2.75) is 0 Å². The van der Waals surface area contributed by atoms with Gasteiger partial charge in [0.25, 0.3) is 0 Å². The molecule has 2 aromatic rings. The van der Waals surface area contributed by atoms with Gasteiger partial charge in [-0.05, 0) is 12.1 Å². The molecule has 0 amide bonds. The fourth-order valence-electron chi connectivity index (χ4n) is 1.27. The number of thiazole rings is 1. The van der Waals surface area contributed by atoms with E-state index in [0.29, 0.717) is 0 Å². The van der Waals surface area contributed by atoms with Gasteiger partial charge in [-0.15, -0.1) is 11.3 Å². The highest BCUT2D eigenvalue weighted by Gasteiger charge is 2.05. The summed E-state index contributed by atoms with van der Waals surface area (Å²) in [5.74, 6) is 1.52. The van der Waals surface area contributed by atoms with Crippen LogP contribution in [0.2, 0.25) is 0 Å². The maximum atomic E-state index is 5.18. The molecule has 0 atom stereocenters. The van der Waals surface area contributed by atoms with Crippen molar-refractivity contribution in [2.75, 3.05) is 14.2 Å². The molecular weight excluding hydrogens is 210 g/mol. The third kappa shape index (κ3) is 2.10. The van der Waals surface area contributed by atoms with Crippen molar-refractivity contribution in [1.29, 1.82) is 0 Å². The van der Waals surface area contributed by atoms with Crippen molar-refractivity contribution in [3.05, 3.63) is 29.1 Å². The maximum Gasteiger partial charge on any atom is 0.152 e. The molecule has 1 aromatic heterocycles. The smallest absolute Gasteiger partial charge is 0.152 e. The monoisotopic (exact) mass is 220 g/mol. The van der Waals surface area contributed by atoms with Gasteiger partial charge < -0.3 is 9.47 Å². The van der Waals surface area contributed by atoms with Crippen molar-refractivity contribution in [2.24, 2.45) is 0 Å². The molecule has 1 heterocycles. The van der Waals surface area contributed by atoms with Gasteiger partial charge in [-0.1, -0.05) is 0 Å². The number of methoxy groups -OCH3 is 2. The van der Waals surface area contributed by atoms with Crippen molar-refractivity contribution in [3.8, 4) is 22.8 Å². The summed E-state index contributed by atoms with van der Waals surface area (Å²) in [6.07, 6.45) is 0. The second-order valence-electron chi connectivity index (χ2n) is 2.93. The first-order valence-electron chi connectivity index (χ1n) is 4.38. The van der Waals surface area contributed by atoms with Gasteiger partial charge in [0, 0.05) is 17.0 Å².